The summed E-state index contributed by atoms with van der Waals surface area (Å²) >= 11 is 0. The molecule has 4 rings (SSSR count). The number of amides is 1. The lowest BCUT2D eigenvalue weighted by Gasteiger charge is -2.34. The van der Waals surface area contributed by atoms with Gasteiger partial charge in [-0.2, -0.15) is 5.10 Å². The number of ether oxygens (including phenoxy) is 5. The van der Waals surface area contributed by atoms with Gasteiger partial charge in [0.1, 0.15) is 17.5 Å². The number of methoxy groups -OCH3 is 4. The molecule has 1 fully saturated rings. The Balaban J connectivity index is 1.68. The van der Waals surface area contributed by atoms with E-state index in [1.54, 1.807) is 41.4 Å². The lowest BCUT2D eigenvalue weighted by atomic mass is 9.97. The van der Waals surface area contributed by atoms with Gasteiger partial charge in [0, 0.05) is 23.6 Å². The summed E-state index contributed by atoms with van der Waals surface area (Å²) in [6.45, 7) is 2.80. The maximum absolute atomic E-state index is 13.9. The van der Waals surface area contributed by atoms with Crippen LogP contribution in [0.15, 0.2) is 41.5 Å². The SMILES string of the molecule is CCOC(=O)C1CCCCN1CC(=O)N1N=C(c2ccc(OC)c(OC)c2)CC1c1ccc(OC)cc1OC. The Morgan fingerprint density at radius 3 is 2.38 bits per heavy atom. The zero-order valence-corrected chi connectivity index (χ0v) is 23.3. The highest BCUT2D eigenvalue weighted by Gasteiger charge is 2.38. The van der Waals surface area contributed by atoms with Gasteiger partial charge in [-0.15, -0.1) is 0 Å². The van der Waals surface area contributed by atoms with Gasteiger partial charge < -0.3 is 23.7 Å². The normalized spacial score (nSPS) is 19.3. The topological polar surface area (TPSA) is 99.1 Å². The van der Waals surface area contributed by atoms with Gasteiger partial charge in [-0.1, -0.05) is 6.42 Å². The van der Waals surface area contributed by atoms with Crippen LogP contribution in [-0.4, -0.2) is 81.7 Å². The molecule has 0 aliphatic carbocycles. The number of benzene rings is 2. The Labute approximate surface area is 229 Å². The molecule has 0 aromatic heterocycles. The van der Waals surface area contributed by atoms with Gasteiger partial charge in [0.25, 0.3) is 5.91 Å². The van der Waals surface area contributed by atoms with Crippen molar-refractivity contribution in [3.8, 4) is 23.0 Å². The molecule has 2 aromatic carbocycles. The zero-order chi connectivity index (χ0) is 27.9. The van der Waals surface area contributed by atoms with Crippen molar-refractivity contribution in [1.82, 2.24) is 9.91 Å². The molecule has 0 bridgehead atoms. The molecule has 10 nitrogen and oxygen atoms in total. The molecule has 2 unspecified atom stereocenters. The molecule has 10 heteroatoms. The third-order valence-corrected chi connectivity index (χ3v) is 7.19. The Morgan fingerprint density at radius 1 is 0.923 bits per heavy atom. The lowest BCUT2D eigenvalue weighted by molar-refractivity contribution is -0.152. The Bertz CT molecular complexity index is 1220. The van der Waals surface area contributed by atoms with E-state index in [0.717, 1.165) is 29.7 Å². The van der Waals surface area contributed by atoms with Crippen LogP contribution >= 0.6 is 0 Å². The van der Waals surface area contributed by atoms with E-state index in [2.05, 4.69) is 0 Å². The number of esters is 1. The molecule has 1 saturated heterocycles. The van der Waals surface area contributed by atoms with Crippen molar-refractivity contribution in [3.05, 3.63) is 47.5 Å². The minimum absolute atomic E-state index is 0.0567. The first-order valence-corrected chi connectivity index (χ1v) is 13.2. The van der Waals surface area contributed by atoms with Crippen LogP contribution in [0.5, 0.6) is 23.0 Å². The molecule has 2 aliphatic heterocycles. The first kappa shape index (κ1) is 28.2. The van der Waals surface area contributed by atoms with Gasteiger partial charge in [0.2, 0.25) is 0 Å². The van der Waals surface area contributed by atoms with E-state index < -0.39 is 12.1 Å². The minimum atomic E-state index is -0.437. The summed E-state index contributed by atoms with van der Waals surface area (Å²) in [6.07, 6.45) is 2.97. The molecule has 0 saturated carbocycles. The quantitative estimate of drug-likeness (QED) is 0.421. The van der Waals surface area contributed by atoms with Crippen molar-refractivity contribution in [2.45, 2.75) is 44.7 Å². The van der Waals surface area contributed by atoms with Crippen LogP contribution in [0.4, 0.5) is 0 Å². The molecule has 0 N–H and O–H groups in total. The highest BCUT2D eigenvalue weighted by atomic mass is 16.5. The fraction of sp³-hybridized carbons (Fsp3) is 0.483. The van der Waals surface area contributed by atoms with Crippen LogP contribution in [0.1, 0.15) is 49.8 Å². The number of hydrogen-bond acceptors (Lipinski definition) is 9. The van der Waals surface area contributed by atoms with E-state index >= 15 is 0 Å². The highest BCUT2D eigenvalue weighted by Crippen LogP contribution is 2.40. The van der Waals surface area contributed by atoms with Crippen molar-refractivity contribution >= 4 is 17.6 Å². The van der Waals surface area contributed by atoms with E-state index in [1.807, 2.05) is 35.2 Å². The molecule has 210 valence electrons. The Kier molecular flexibility index (Phi) is 9.29. The van der Waals surface area contributed by atoms with Gasteiger partial charge in [0.05, 0.1) is 53.3 Å². The van der Waals surface area contributed by atoms with Gasteiger partial charge in [-0.05, 0) is 56.6 Å². The van der Waals surface area contributed by atoms with Crippen LogP contribution < -0.4 is 18.9 Å². The summed E-state index contributed by atoms with van der Waals surface area (Å²) < 4.78 is 27.2. The van der Waals surface area contributed by atoms with Crippen molar-refractivity contribution in [2.75, 3.05) is 48.1 Å². The smallest absolute Gasteiger partial charge is 0.323 e. The monoisotopic (exact) mass is 539 g/mol. The van der Waals surface area contributed by atoms with Gasteiger partial charge in [-0.3, -0.25) is 14.5 Å². The molecule has 2 heterocycles. The number of hydrogen-bond donors (Lipinski definition) is 0. The maximum atomic E-state index is 13.9. The zero-order valence-electron chi connectivity index (χ0n) is 23.3. The van der Waals surface area contributed by atoms with Gasteiger partial charge in [-0.25, -0.2) is 5.01 Å². The fourth-order valence-corrected chi connectivity index (χ4v) is 5.20. The summed E-state index contributed by atoms with van der Waals surface area (Å²) in [7, 11) is 6.35. The lowest BCUT2D eigenvalue weighted by Crippen LogP contribution is -2.49. The number of rotatable bonds is 10. The third-order valence-electron chi connectivity index (χ3n) is 7.19. The standard InChI is InChI=1S/C29H37N3O7/c1-6-39-29(34)23-9-7-8-14-31(23)18-28(33)32-24(21-12-11-20(35-2)16-26(21)37-4)17-22(30-32)19-10-13-25(36-3)27(15-19)38-5/h10-13,15-16,23-24H,6-9,14,17-18H2,1-5H3. The molecule has 0 radical (unpaired) electrons. The van der Waals surface area contributed by atoms with Crippen molar-refractivity contribution < 1.29 is 33.3 Å². The molecular weight excluding hydrogens is 502 g/mol. The fourth-order valence-electron chi connectivity index (χ4n) is 5.20. The Morgan fingerprint density at radius 2 is 1.69 bits per heavy atom. The molecule has 2 atom stereocenters. The minimum Gasteiger partial charge on any atom is -0.497 e. The van der Waals surface area contributed by atoms with Crippen LogP contribution in [0.3, 0.4) is 0 Å². The molecule has 39 heavy (non-hydrogen) atoms. The van der Waals surface area contributed by atoms with Crippen molar-refractivity contribution in [3.63, 3.8) is 0 Å². The number of carbonyl (C=O) groups excluding carboxylic acids is 2. The average Bonchev–Trinajstić information content (AvgIpc) is 3.42. The van der Waals surface area contributed by atoms with Gasteiger partial charge >= 0.3 is 5.97 Å². The van der Waals surface area contributed by atoms with E-state index in [1.165, 1.54) is 5.01 Å². The Hall–Kier alpha value is -3.79. The second-order valence-electron chi connectivity index (χ2n) is 9.42. The van der Waals surface area contributed by atoms with Crippen LogP contribution in [-0.2, 0) is 14.3 Å². The third kappa shape index (κ3) is 6.11. The van der Waals surface area contributed by atoms with Crippen molar-refractivity contribution in [2.24, 2.45) is 5.10 Å². The number of likely N-dealkylation sites (tertiary alicyclic amines) is 1. The second kappa shape index (κ2) is 12.8. The predicted octanol–water partition coefficient (Wildman–Crippen LogP) is 3.82. The summed E-state index contributed by atoms with van der Waals surface area (Å²) in [5, 5.41) is 6.33. The summed E-state index contributed by atoms with van der Waals surface area (Å²) in [5.41, 5.74) is 2.36. The average molecular weight is 540 g/mol. The molecule has 1 amide bonds. The van der Waals surface area contributed by atoms with Crippen LogP contribution in [0.25, 0.3) is 0 Å². The molecule has 2 aromatic rings. The number of hydrazone groups is 1. The number of carbonyl (C=O) groups is 2. The summed E-state index contributed by atoms with van der Waals surface area (Å²) in [6, 6.07) is 10.3. The molecular formula is C29H37N3O7. The number of nitrogens with zero attached hydrogens (tertiary/aromatic N) is 3. The first-order valence-electron chi connectivity index (χ1n) is 13.2. The van der Waals surface area contributed by atoms with E-state index in [0.29, 0.717) is 49.0 Å². The highest BCUT2D eigenvalue weighted by molar-refractivity contribution is 6.04. The first-order chi connectivity index (χ1) is 18.9. The summed E-state index contributed by atoms with van der Waals surface area (Å²) in [4.78, 5) is 28.4. The summed E-state index contributed by atoms with van der Waals surface area (Å²) in [5.74, 6) is 1.95. The molecule has 2 aliphatic rings. The number of piperidine rings is 1. The van der Waals surface area contributed by atoms with Gasteiger partial charge in [0.15, 0.2) is 11.5 Å². The second-order valence-corrected chi connectivity index (χ2v) is 9.42. The maximum Gasteiger partial charge on any atom is 0.323 e. The van der Waals surface area contributed by atoms with Crippen LogP contribution in [0, 0.1) is 0 Å². The van der Waals surface area contributed by atoms with Crippen molar-refractivity contribution in [1.29, 1.82) is 0 Å². The van der Waals surface area contributed by atoms with E-state index in [9.17, 15) is 9.59 Å². The van der Waals surface area contributed by atoms with Crippen LogP contribution in [0.2, 0.25) is 0 Å². The predicted molar refractivity (Wildman–Crippen MR) is 146 cm³/mol. The largest absolute Gasteiger partial charge is 0.497 e. The molecule has 0 spiro atoms. The van der Waals surface area contributed by atoms with E-state index in [-0.39, 0.29) is 18.4 Å². The van der Waals surface area contributed by atoms with E-state index in [4.69, 9.17) is 28.8 Å².